The number of aromatic nitrogens is 1. The van der Waals surface area contributed by atoms with E-state index in [-0.39, 0.29) is 17.0 Å². The van der Waals surface area contributed by atoms with Gasteiger partial charge in [-0.15, -0.1) is 0 Å². The molecule has 0 aromatic carbocycles. The Kier molecular flexibility index (Phi) is 3.57. The fraction of sp³-hybridized carbons (Fsp3) is 0.250. The van der Waals surface area contributed by atoms with Crippen LogP contribution in [0.15, 0.2) is 23.1 Å². The van der Waals surface area contributed by atoms with Crippen molar-refractivity contribution >= 4 is 18.5 Å². The van der Waals surface area contributed by atoms with Gasteiger partial charge in [-0.1, -0.05) is 0 Å². The third kappa shape index (κ3) is 2.62. The molecule has 0 aliphatic heterocycles. The van der Waals surface area contributed by atoms with Crippen molar-refractivity contribution in [3.05, 3.63) is 34.2 Å². The van der Waals surface area contributed by atoms with Gasteiger partial charge in [0, 0.05) is 18.5 Å². The lowest BCUT2D eigenvalue weighted by Crippen LogP contribution is -2.30. The van der Waals surface area contributed by atoms with E-state index in [2.05, 4.69) is 22.9 Å². The van der Waals surface area contributed by atoms with Crippen LogP contribution in [0.4, 0.5) is 0 Å². The Hall–Kier alpha value is -1.23. The zero-order valence-corrected chi connectivity index (χ0v) is 7.80. The molecule has 0 spiro atoms. The van der Waals surface area contributed by atoms with Gasteiger partial charge in [0.1, 0.15) is 5.56 Å². The Bertz CT molecular complexity index is 348. The summed E-state index contributed by atoms with van der Waals surface area (Å²) in [4.78, 5) is 24.8. The first-order chi connectivity index (χ1) is 6.25. The maximum Gasteiger partial charge on any atom is 0.260 e. The summed E-state index contributed by atoms with van der Waals surface area (Å²) in [6, 6.07) is 3.09. The molecule has 0 saturated heterocycles. The SMILES string of the molecule is O=C(NCCS)c1ccc[nH]c1=O. The quantitative estimate of drug-likeness (QED) is 0.600. The molecule has 0 bridgehead atoms. The molecule has 0 aliphatic rings. The highest BCUT2D eigenvalue weighted by Gasteiger charge is 2.07. The van der Waals surface area contributed by atoms with E-state index in [9.17, 15) is 9.59 Å². The van der Waals surface area contributed by atoms with Gasteiger partial charge in [0.05, 0.1) is 0 Å². The van der Waals surface area contributed by atoms with Crippen molar-refractivity contribution < 1.29 is 4.79 Å². The summed E-state index contributed by atoms with van der Waals surface area (Å²) in [6.07, 6.45) is 1.48. The molecule has 1 rings (SSSR count). The molecule has 2 N–H and O–H groups in total. The van der Waals surface area contributed by atoms with E-state index in [4.69, 9.17) is 0 Å². The van der Waals surface area contributed by atoms with Gasteiger partial charge < -0.3 is 10.3 Å². The van der Waals surface area contributed by atoms with Crippen molar-refractivity contribution in [1.29, 1.82) is 0 Å². The van der Waals surface area contributed by atoms with Gasteiger partial charge in [-0.25, -0.2) is 0 Å². The molecule has 0 atom stereocenters. The number of amides is 1. The van der Waals surface area contributed by atoms with Gasteiger partial charge in [0.25, 0.3) is 11.5 Å². The normalized spacial score (nSPS) is 9.62. The molecular formula is C8H10N2O2S. The van der Waals surface area contributed by atoms with Crippen LogP contribution in [0.5, 0.6) is 0 Å². The van der Waals surface area contributed by atoms with Crippen LogP contribution in [0.3, 0.4) is 0 Å². The minimum Gasteiger partial charge on any atom is -0.351 e. The fourth-order valence-electron chi connectivity index (χ4n) is 0.865. The van der Waals surface area contributed by atoms with E-state index >= 15 is 0 Å². The maximum atomic E-state index is 11.3. The predicted molar refractivity (Wildman–Crippen MR) is 53.2 cm³/mol. The Morgan fingerprint density at radius 2 is 2.38 bits per heavy atom. The molecule has 0 radical (unpaired) electrons. The zero-order chi connectivity index (χ0) is 9.68. The molecular weight excluding hydrogens is 188 g/mol. The maximum absolute atomic E-state index is 11.3. The summed E-state index contributed by atoms with van der Waals surface area (Å²) in [5, 5.41) is 2.55. The van der Waals surface area contributed by atoms with Crippen LogP contribution in [-0.4, -0.2) is 23.2 Å². The summed E-state index contributed by atoms with van der Waals surface area (Å²) in [6.45, 7) is 0.455. The molecule has 70 valence electrons. The number of aromatic amines is 1. The van der Waals surface area contributed by atoms with Crippen LogP contribution in [0.25, 0.3) is 0 Å². The van der Waals surface area contributed by atoms with E-state index in [1.165, 1.54) is 12.3 Å². The molecule has 1 amide bonds. The number of carbonyl (C=O) groups is 1. The average molecular weight is 198 g/mol. The van der Waals surface area contributed by atoms with Gasteiger partial charge >= 0.3 is 0 Å². The lowest BCUT2D eigenvalue weighted by molar-refractivity contribution is 0.0954. The number of rotatable bonds is 3. The van der Waals surface area contributed by atoms with E-state index < -0.39 is 0 Å². The largest absolute Gasteiger partial charge is 0.351 e. The Morgan fingerprint density at radius 1 is 1.62 bits per heavy atom. The van der Waals surface area contributed by atoms with Gasteiger partial charge in [-0.05, 0) is 12.1 Å². The van der Waals surface area contributed by atoms with Crippen LogP contribution in [0.1, 0.15) is 10.4 Å². The van der Waals surface area contributed by atoms with Gasteiger partial charge in [-0.2, -0.15) is 12.6 Å². The summed E-state index contributed by atoms with van der Waals surface area (Å²) in [7, 11) is 0. The van der Waals surface area contributed by atoms with Crippen molar-refractivity contribution in [2.45, 2.75) is 0 Å². The van der Waals surface area contributed by atoms with Crippen molar-refractivity contribution in [2.75, 3.05) is 12.3 Å². The highest BCUT2D eigenvalue weighted by atomic mass is 32.1. The molecule has 4 nitrogen and oxygen atoms in total. The molecule has 1 aromatic rings. The molecule has 13 heavy (non-hydrogen) atoms. The fourth-order valence-corrected chi connectivity index (χ4v) is 0.977. The highest BCUT2D eigenvalue weighted by Crippen LogP contribution is 1.88. The standard InChI is InChI=1S/C8H10N2O2S/c11-7-6(2-1-3-9-7)8(12)10-4-5-13/h1-3,13H,4-5H2,(H,9,11)(H,10,12). The topological polar surface area (TPSA) is 62.0 Å². The first kappa shape index (κ1) is 9.85. The van der Waals surface area contributed by atoms with E-state index in [0.29, 0.717) is 12.3 Å². The van der Waals surface area contributed by atoms with Crippen molar-refractivity contribution in [2.24, 2.45) is 0 Å². The van der Waals surface area contributed by atoms with Gasteiger partial charge in [-0.3, -0.25) is 9.59 Å². The van der Waals surface area contributed by atoms with Crippen LogP contribution in [-0.2, 0) is 0 Å². The molecule has 1 aromatic heterocycles. The molecule has 1 heterocycles. The Labute approximate surface area is 80.8 Å². The number of nitrogens with one attached hydrogen (secondary N) is 2. The van der Waals surface area contributed by atoms with E-state index in [0.717, 1.165) is 0 Å². The molecule has 0 fully saturated rings. The lowest BCUT2D eigenvalue weighted by atomic mass is 10.2. The summed E-state index contributed by atoms with van der Waals surface area (Å²) in [5.41, 5.74) is -0.247. The highest BCUT2D eigenvalue weighted by molar-refractivity contribution is 7.80. The Morgan fingerprint density at radius 3 is 3.00 bits per heavy atom. The molecule has 0 aliphatic carbocycles. The third-order valence-electron chi connectivity index (χ3n) is 1.46. The number of H-pyrrole nitrogens is 1. The average Bonchev–Trinajstić information content (AvgIpc) is 2.15. The summed E-state index contributed by atoms with van der Waals surface area (Å²) in [5.74, 6) is 0.187. The number of thiol groups is 1. The number of carbonyl (C=O) groups excluding carboxylic acids is 1. The van der Waals surface area contributed by atoms with Crippen molar-refractivity contribution in [3.63, 3.8) is 0 Å². The van der Waals surface area contributed by atoms with Crippen molar-refractivity contribution in [1.82, 2.24) is 10.3 Å². The van der Waals surface area contributed by atoms with E-state index in [1.54, 1.807) is 6.07 Å². The molecule has 0 saturated carbocycles. The van der Waals surface area contributed by atoms with Crippen molar-refractivity contribution in [3.8, 4) is 0 Å². The van der Waals surface area contributed by atoms with Crippen LogP contribution in [0, 0.1) is 0 Å². The van der Waals surface area contributed by atoms with E-state index in [1.807, 2.05) is 0 Å². The third-order valence-corrected chi connectivity index (χ3v) is 1.68. The van der Waals surface area contributed by atoms with Crippen LogP contribution < -0.4 is 10.9 Å². The monoisotopic (exact) mass is 198 g/mol. The second-order valence-corrected chi connectivity index (χ2v) is 2.84. The first-order valence-electron chi connectivity index (χ1n) is 3.82. The number of hydrogen-bond donors (Lipinski definition) is 3. The molecule has 5 heteroatoms. The van der Waals surface area contributed by atoms with Crippen LogP contribution >= 0.6 is 12.6 Å². The second kappa shape index (κ2) is 4.71. The summed E-state index contributed by atoms with van der Waals surface area (Å²) < 4.78 is 0. The predicted octanol–water partition coefficient (Wildman–Crippen LogP) is 0.0345. The smallest absolute Gasteiger partial charge is 0.260 e. The summed E-state index contributed by atoms with van der Waals surface area (Å²) >= 11 is 3.93. The number of hydrogen-bond acceptors (Lipinski definition) is 3. The lowest BCUT2D eigenvalue weighted by Gasteiger charge is -2.00. The second-order valence-electron chi connectivity index (χ2n) is 2.39. The minimum absolute atomic E-state index is 0.129. The first-order valence-corrected chi connectivity index (χ1v) is 4.45. The molecule has 0 unspecified atom stereocenters. The van der Waals surface area contributed by atoms with Gasteiger partial charge in [0.2, 0.25) is 0 Å². The minimum atomic E-state index is -0.376. The number of pyridine rings is 1. The zero-order valence-electron chi connectivity index (χ0n) is 6.91. The Balaban J connectivity index is 2.77. The van der Waals surface area contributed by atoms with Gasteiger partial charge in [0.15, 0.2) is 0 Å². The van der Waals surface area contributed by atoms with Crippen LogP contribution in [0.2, 0.25) is 0 Å².